The SMILES string of the molecule is C#CCN1C(=O)[C@H]2[C@H](CN(C)[C@@H]2c2ccc(Br)cc2)C1=O. The van der Waals surface area contributed by atoms with Crippen molar-refractivity contribution >= 4 is 27.7 Å². The van der Waals surface area contributed by atoms with Gasteiger partial charge >= 0.3 is 0 Å². The van der Waals surface area contributed by atoms with Gasteiger partial charge in [-0.1, -0.05) is 34.0 Å². The molecule has 0 saturated carbocycles. The van der Waals surface area contributed by atoms with E-state index in [9.17, 15) is 9.59 Å². The minimum atomic E-state index is -0.322. The molecule has 108 valence electrons. The average molecular weight is 347 g/mol. The van der Waals surface area contributed by atoms with Gasteiger partial charge in [0.2, 0.25) is 11.8 Å². The zero-order valence-corrected chi connectivity index (χ0v) is 13.2. The van der Waals surface area contributed by atoms with E-state index in [-0.39, 0.29) is 36.2 Å². The van der Waals surface area contributed by atoms with Crippen LogP contribution in [-0.2, 0) is 9.59 Å². The fourth-order valence-corrected chi connectivity index (χ4v) is 3.69. The molecule has 0 N–H and O–H groups in total. The lowest BCUT2D eigenvalue weighted by atomic mass is 9.89. The molecule has 0 radical (unpaired) electrons. The van der Waals surface area contributed by atoms with Gasteiger partial charge in [-0.25, -0.2) is 0 Å². The van der Waals surface area contributed by atoms with Crippen molar-refractivity contribution in [3.05, 3.63) is 34.3 Å². The number of imide groups is 1. The molecule has 0 aromatic heterocycles. The van der Waals surface area contributed by atoms with Crippen molar-refractivity contribution in [1.29, 1.82) is 0 Å². The summed E-state index contributed by atoms with van der Waals surface area (Å²) in [5.74, 6) is 1.53. The molecule has 0 spiro atoms. The Morgan fingerprint density at radius 3 is 2.57 bits per heavy atom. The van der Waals surface area contributed by atoms with Crippen molar-refractivity contribution in [2.45, 2.75) is 6.04 Å². The first kappa shape index (κ1) is 14.3. The number of terminal acetylenes is 1. The number of hydrogen-bond donors (Lipinski definition) is 0. The molecule has 2 amide bonds. The number of carbonyl (C=O) groups is 2. The number of rotatable bonds is 2. The smallest absolute Gasteiger partial charge is 0.235 e. The molecule has 2 heterocycles. The first-order chi connectivity index (χ1) is 10.0. The van der Waals surface area contributed by atoms with E-state index in [0.29, 0.717) is 6.54 Å². The second-order valence-corrected chi connectivity index (χ2v) is 6.45. The van der Waals surface area contributed by atoms with Crippen molar-refractivity contribution < 1.29 is 9.59 Å². The van der Waals surface area contributed by atoms with E-state index < -0.39 is 0 Å². The maximum absolute atomic E-state index is 12.6. The van der Waals surface area contributed by atoms with Gasteiger partial charge in [0.25, 0.3) is 0 Å². The number of fused-ring (bicyclic) bond motifs is 1. The van der Waals surface area contributed by atoms with Gasteiger partial charge in [0.1, 0.15) is 0 Å². The third kappa shape index (κ3) is 2.19. The number of likely N-dealkylation sites (tertiary alicyclic amines) is 2. The number of carbonyl (C=O) groups excluding carboxylic acids is 2. The predicted molar refractivity (Wildman–Crippen MR) is 82.0 cm³/mol. The predicted octanol–water partition coefficient (Wildman–Crippen LogP) is 1.67. The summed E-state index contributed by atoms with van der Waals surface area (Å²) in [4.78, 5) is 28.2. The average Bonchev–Trinajstić information content (AvgIpc) is 2.91. The van der Waals surface area contributed by atoms with Crippen LogP contribution in [0.4, 0.5) is 0 Å². The summed E-state index contributed by atoms with van der Waals surface area (Å²) < 4.78 is 0.992. The minimum Gasteiger partial charge on any atom is -0.298 e. The summed E-state index contributed by atoms with van der Waals surface area (Å²) in [5, 5.41) is 0. The highest BCUT2D eigenvalue weighted by Crippen LogP contribution is 2.45. The van der Waals surface area contributed by atoms with Crippen molar-refractivity contribution in [2.75, 3.05) is 20.1 Å². The third-order valence-electron chi connectivity index (χ3n) is 4.33. The van der Waals surface area contributed by atoms with Gasteiger partial charge < -0.3 is 0 Å². The van der Waals surface area contributed by atoms with Crippen molar-refractivity contribution in [1.82, 2.24) is 9.80 Å². The summed E-state index contributed by atoms with van der Waals surface area (Å²) in [6, 6.07) is 7.83. The number of benzene rings is 1. The molecule has 21 heavy (non-hydrogen) atoms. The highest BCUT2D eigenvalue weighted by Gasteiger charge is 2.56. The summed E-state index contributed by atoms with van der Waals surface area (Å²) in [7, 11) is 1.96. The van der Waals surface area contributed by atoms with Crippen LogP contribution in [0, 0.1) is 24.2 Å². The molecular formula is C16H15BrN2O2. The lowest BCUT2D eigenvalue weighted by Gasteiger charge is -2.25. The summed E-state index contributed by atoms with van der Waals surface area (Å²) in [6.07, 6.45) is 5.26. The van der Waals surface area contributed by atoms with Gasteiger partial charge in [-0.2, -0.15) is 0 Å². The molecule has 0 aliphatic carbocycles. The Balaban J connectivity index is 1.96. The van der Waals surface area contributed by atoms with E-state index in [4.69, 9.17) is 6.42 Å². The van der Waals surface area contributed by atoms with E-state index in [0.717, 1.165) is 10.0 Å². The van der Waals surface area contributed by atoms with Crippen LogP contribution in [0.25, 0.3) is 0 Å². The molecule has 2 fully saturated rings. The maximum atomic E-state index is 12.6. The highest BCUT2D eigenvalue weighted by molar-refractivity contribution is 9.10. The Kier molecular flexibility index (Phi) is 3.60. The van der Waals surface area contributed by atoms with Crippen LogP contribution >= 0.6 is 15.9 Å². The molecule has 3 atom stereocenters. The fraction of sp³-hybridized carbons (Fsp3) is 0.375. The molecule has 1 aromatic rings. The number of halogens is 1. The van der Waals surface area contributed by atoms with Crippen LogP contribution in [0.1, 0.15) is 11.6 Å². The molecule has 3 rings (SSSR count). The second-order valence-electron chi connectivity index (χ2n) is 5.53. The molecule has 0 unspecified atom stereocenters. The van der Waals surface area contributed by atoms with Gasteiger partial charge in [-0.3, -0.25) is 19.4 Å². The van der Waals surface area contributed by atoms with Gasteiger partial charge in [0.05, 0.1) is 18.4 Å². The molecule has 4 nitrogen and oxygen atoms in total. The lowest BCUT2D eigenvalue weighted by molar-refractivity contribution is -0.140. The van der Waals surface area contributed by atoms with Crippen LogP contribution in [0.5, 0.6) is 0 Å². The van der Waals surface area contributed by atoms with E-state index in [1.165, 1.54) is 4.90 Å². The van der Waals surface area contributed by atoms with Crippen molar-refractivity contribution in [3.8, 4) is 12.3 Å². The fourth-order valence-electron chi connectivity index (χ4n) is 3.43. The van der Waals surface area contributed by atoms with E-state index in [1.54, 1.807) is 0 Å². The first-order valence-electron chi connectivity index (χ1n) is 6.79. The second kappa shape index (κ2) is 5.28. The summed E-state index contributed by atoms with van der Waals surface area (Å²) in [5.41, 5.74) is 1.05. The van der Waals surface area contributed by atoms with Crippen molar-refractivity contribution in [3.63, 3.8) is 0 Å². The topological polar surface area (TPSA) is 40.6 Å². The van der Waals surface area contributed by atoms with Crippen LogP contribution in [0.2, 0.25) is 0 Å². The molecular weight excluding hydrogens is 332 g/mol. The lowest BCUT2D eigenvalue weighted by Crippen LogP contribution is -2.36. The van der Waals surface area contributed by atoms with Crippen molar-refractivity contribution in [2.24, 2.45) is 11.8 Å². The van der Waals surface area contributed by atoms with Crippen LogP contribution in [0.3, 0.4) is 0 Å². The largest absolute Gasteiger partial charge is 0.298 e. The maximum Gasteiger partial charge on any atom is 0.235 e. The van der Waals surface area contributed by atoms with Gasteiger partial charge in [-0.15, -0.1) is 6.42 Å². The van der Waals surface area contributed by atoms with E-state index in [1.807, 2.05) is 31.3 Å². The molecule has 2 aliphatic heterocycles. The molecule has 5 heteroatoms. The van der Waals surface area contributed by atoms with Crippen LogP contribution in [0.15, 0.2) is 28.7 Å². The van der Waals surface area contributed by atoms with Gasteiger partial charge in [0.15, 0.2) is 0 Å². The van der Waals surface area contributed by atoms with Crippen LogP contribution in [-0.4, -0.2) is 41.8 Å². The Hall–Kier alpha value is -1.64. The monoisotopic (exact) mass is 346 g/mol. The molecule has 1 aromatic carbocycles. The molecule has 2 aliphatic rings. The highest BCUT2D eigenvalue weighted by atomic mass is 79.9. The molecule has 2 saturated heterocycles. The summed E-state index contributed by atoms with van der Waals surface area (Å²) in [6.45, 7) is 0.665. The minimum absolute atomic E-state index is 0.0673. The summed E-state index contributed by atoms with van der Waals surface area (Å²) >= 11 is 3.41. The number of nitrogens with zero attached hydrogens (tertiary/aromatic N) is 2. The Labute approximate surface area is 132 Å². The molecule has 0 bridgehead atoms. The number of amides is 2. The number of hydrogen-bond acceptors (Lipinski definition) is 3. The van der Waals surface area contributed by atoms with Gasteiger partial charge in [0, 0.05) is 17.1 Å². The Morgan fingerprint density at radius 2 is 1.95 bits per heavy atom. The zero-order valence-electron chi connectivity index (χ0n) is 11.6. The Bertz CT molecular complexity index is 635. The third-order valence-corrected chi connectivity index (χ3v) is 4.86. The van der Waals surface area contributed by atoms with Gasteiger partial charge in [-0.05, 0) is 24.7 Å². The van der Waals surface area contributed by atoms with Crippen LogP contribution < -0.4 is 0 Å². The van der Waals surface area contributed by atoms with E-state index >= 15 is 0 Å². The van der Waals surface area contributed by atoms with E-state index in [2.05, 4.69) is 26.8 Å². The Morgan fingerprint density at radius 1 is 1.29 bits per heavy atom. The normalized spacial score (nSPS) is 28.8. The first-order valence-corrected chi connectivity index (χ1v) is 7.58. The standard InChI is InChI=1S/C16H15BrN2O2/c1-3-8-19-15(20)12-9-18(2)14(13(12)16(19)21)10-4-6-11(17)7-5-10/h1,4-7,12-14H,8-9H2,2H3/t12-,13-,14+/m0/s1. The quantitative estimate of drug-likeness (QED) is 0.604. The zero-order chi connectivity index (χ0) is 15.1.